The Kier molecular flexibility index (Phi) is 11.8. The predicted octanol–water partition coefficient (Wildman–Crippen LogP) is -4.06. The second kappa shape index (κ2) is 14.3. The summed E-state index contributed by atoms with van der Waals surface area (Å²) >= 11 is 0. The number of carbonyl (C=O) groups excluding carboxylic acids is 4. The van der Waals surface area contributed by atoms with Gasteiger partial charge in [-0.15, -0.1) is 0 Å². The minimum atomic E-state index is -1.61. The molecule has 0 spiro atoms. The van der Waals surface area contributed by atoms with Crippen molar-refractivity contribution in [2.75, 3.05) is 6.61 Å². The topological polar surface area (TPSA) is 280 Å². The minimum absolute atomic E-state index is 0.0752. The van der Waals surface area contributed by atoms with Gasteiger partial charge in [0.25, 0.3) is 0 Å². The molecule has 1 aromatic rings. The molecule has 0 aliphatic carbocycles. The zero-order valence-electron chi connectivity index (χ0n) is 18.6. The molecule has 16 heteroatoms. The number of aliphatic hydroxyl groups excluding tert-OH is 1. The van der Waals surface area contributed by atoms with E-state index in [-0.39, 0.29) is 19.3 Å². The number of nitrogens with two attached hydrogens (primary N) is 2. The number of hydrogen-bond acceptors (Lipinski definition) is 9. The number of aliphatic carboxylic acids is 2. The summed E-state index contributed by atoms with van der Waals surface area (Å²) in [6, 6.07) is -5.65. The summed E-state index contributed by atoms with van der Waals surface area (Å²) in [7, 11) is 0. The highest BCUT2D eigenvalue weighted by atomic mass is 16.4. The Morgan fingerprint density at radius 2 is 1.51 bits per heavy atom. The molecule has 35 heavy (non-hydrogen) atoms. The summed E-state index contributed by atoms with van der Waals surface area (Å²) in [6.45, 7) is -0.925. The van der Waals surface area contributed by atoms with Crippen molar-refractivity contribution in [1.82, 2.24) is 25.9 Å². The number of H-pyrrole nitrogens is 1. The van der Waals surface area contributed by atoms with E-state index >= 15 is 0 Å². The SMILES string of the molecule is NC(=O)CCC(N)C(=O)NC(Cc1cnc[nH]1)C(=O)NC(CO)C(=O)NC(CCC(=O)O)C(=O)O. The van der Waals surface area contributed by atoms with Crippen LogP contribution in [-0.2, 0) is 35.2 Å². The number of carbonyl (C=O) groups is 6. The van der Waals surface area contributed by atoms with Gasteiger partial charge in [0.1, 0.15) is 18.1 Å². The zero-order chi connectivity index (χ0) is 26.5. The van der Waals surface area contributed by atoms with Crippen LogP contribution in [-0.4, -0.2) is 91.6 Å². The van der Waals surface area contributed by atoms with Crippen molar-refractivity contribution in [3.8, 4) is 0 Å². The van der Waals surface area contributed by atoms with Crippen molar-refractivity contribution >= 4 is 35.6 Å². The van der Waals surface area contributed by atoms with Gasteiger partial charge in [-0.1, -0.05) is 0 Å². The summed E-state index contributed by atoms with van der Waals surface area (Å²) in [5.74, 6) is -6.22. The molecule has 16 nitrogen and oxygen atoms in total. The van der Waals surface area contributed by atoms with Crippen LogP contribution in [0.25, 0.3) is 0 Å². The van der Waals surface area contributed by atoms with Crippen molar-refractivity contribution in [2.24, 2.45) is 11.5 Å². The lowest BCUT2D eigenvalue weighted by Gasteiger charge is -2.24. The van der Waals surface area contributed by atoms with Crippen LogP contribution in [0.15, 0.2) is 12.5 Å². The van der Waals surface area contributed by atoms with Crippen LogP contribution in [0.1, 0.15) is 31.4 Å². The Balaban J connectivity index is 2.90. The summed E-state index contributed by atoms with van der Waals surface area (Å²) in [5.41, 5.74) is 11.2. The van der Waals surface area contributed by atoms with E-state index in [2.05, 4.69) is 25.9 Å². The van der Waals surface area contributed by atoms with Crippen LogP contribution in [0.5, 0.6) is 0 Å². The van der Waals surface area contributed by atoms with E-state index < -0.39 is 79.2 Å². The van der Waals surface area contributed by atoms with Gasteiger partial charge in [0, 0.05) is 31.2 Å². The first-order chi connectivity index (χ1) is 16.4. The molecule has 194 valence electrons. The van der Waals surface area contributed by atoms with E-state index in [1.165, 1.54) is 12.5 Å². The van der Waals surface area contributed by atoms with Crippen molar-refractivity contribution < 1.29 is 44.1 Å². The molecule has 0 aliphatic heterocycles. The van der Waals surface area contributed by atoms with E-state index in [1.807, 2.05) is 0 Å². The number of aromatic amines is 1. The number of nitrogens with one attached hydrogen (secondary N) is 4. The fourth-order valence-corrected chi connectivity index (χ4v) is 2.80. The Hall–Kier alpha value is -4.05. The van der Waals surface area contributed by atoms with Crippen LogP contribution >= 0.6 is 0 Å². The first-order valence-corrected chi connectivity index (χ1v) is 10.4. The zero-order valence-corrected chi connectivity index (χ0v) is 18.6. The van der Waals surface area contributed by atoms with Gasteiger partial charge >= 0.3 is 11.9 Å². The Morgan fingerprint density at radius 3 is 2.03 bits per heavy atom. The molecule has 4 atom stereocenters. The average molecular weight is 499 g/mol. The summed E-state index contributed by atoms with van der Waals surface area (Å²) < 4.78 is 0. The fraction of sp³-hybridized carbons (Fsp3) is 0.526. The number of carboxylic acid groups (broad SMARTS) is 2. The molecular formula is C19H29N7O9. The molecule has 0 saturated carbocycles. The summed E-state index contributed by atoms with van der Waals surface area (Å²) in [5, 5.41) is 34.1. The lowest BCUT2D eigenvalue weighted by Crippen LogP contribution is -2.58. The molecule has 1 rings (SSSR count). The molecule has 0 saturated heterocycles. The third kappa shape index (κ3) is 10.6. The number of hydrogen-bond donors (Lipinski definition) is 9. The van der Waals surface area contributed by atoms with Crippen LogP contribution in [0.3, 0.4) is 0 Å². The molecule has 0 radical (unpaired) electrons. The van der Waals surface area contributed by atoms with Gasteiger partial charge in [-0.05, 0) is 12.8 Å². The minimum Gasteiger partial charge on any atom is -0.481 e. The van der Waals surface area contributed by atoms with Gasteiger partial charge in [0.05, 0.1) is 19.0 Å². The lowest BCUT2D eigenvalue weighted by molar-refractivity contribution is -0.143. The molecule has 1 aromatic heterocycles. The highest BCUT2D eigenvalue weighted by Crippen LogP contribution is 2.03. The van der Waals surface area contributed by atoms with E-state index in [1.54, 1.807) is 0 Å². The van der Waals surface area contributed by atoms with Crippen molar-refractivity contribution in [3.63, 3.8) is 0 Å². The third-order valence-corrected chi connectivity index (χ3v) is 4.73. The predicted molar refractivity (Wildman–Crippen MR) is 116 cm³/mol. The molecule has 4 unspecified atom stereocenters. The second-order valence-electron chi connectivity index (χ2n) is 7.53. The number of imidazole rings is 1. The number of nitrogens with zero attached hydrogens (tertiary/aromatic N) is 1. The Morgan fingerprint density at radius 1 is 0.914 bits per heavy atom. The van der Waals surface area contributed by atoms with Gasteiger partial charge in [0.15, 0.2) is 0 Å². The van der Waals surface area contributed by atoms with Crippen LogP contribution in [0.4, 0.5) is 0 Å². The summed E-state index contributed by atoms with van der Waals surface area (Å²) in [6.07, 6.45) is 1.40. The third-order valence-electron chi connectivity index (χ3n) is 4.73. The number of carboxylic acids is 2. The smallest absolute Gasteiger partial charge is 0.326 e. The number of primary amides is 1. The monoisotopic (exact) mass is 499 g/mol. The van der Waals surface area contributed by atoms with E-state index in [0.29, 0.717) is 5.69 Å². The number of rotatable bonds is 16. The average Bonchev–Trinajstić information content (AvgIpc) is 3.30. The van der Waals surface area contributed by atoms with Crippen molar-refractivity contribution in [3.05, 3.63) is 18.2 Å². The molecular weight excluding hydrogens is 470 g/mol. The second-order valence-corrected chi connectivity index (χ2v) is 7.53. The Labute approximate surface area is 198 Å². The van der Waals surface area contributed by atoms with Gasteiger partial charge in [-0.25, -0.2) is 9.78 Å². The highest BCUT2D eigenvalue weighted by molar-refractivity contribution is 5.94. The van der Waals surface area contributed by atoms with Crippen molar-refractivity contribution in [2.45, 2.75) is 56.3 Å². The summed E-state index contributed by atoms with van der Waals surface area (Å²) in [4.78, 5) is 77.1. The fourth-order valence-electron chi connectivity index (χ4n) is 2.80. The van der Waals surface area contributed by atoms with Gasteiger partial charge in [-0.3, -0.25) is 24.0 Å². The number of amides is 4. The van der Waals surface area contributed by atoms with Gasteiger partial charge in [0.2, 0.25) is 23.6 Å². The Bertz CT molecular complexity index is 906. The first kappa shape index (κ1) is 29.0. The standard InChI is InChI=1S/C19H29N7O9/c20-10(1-3-14(21)28)16(31)25-12(5-9-6-22-8-23-9)17(32)26-13(7-27)18(33)24-11(19(34)35)2-4-15(29)30/h6,8,10-13,27H,1-5,7,20H2,(H2,21,28)(H,22,23)(H,24,33)(H,25,31)(H,26,32)(H,29,30)(H,34,35). The van der Waals surface area contributed by atoms with E-state index in [0.717, 1.165) is 0 Å². The molecule has 0 aliphatic rings. The molecule has 0 aromatic carbocycles. The molecule has 4 amide bonds. The normalized spacial score (nSPS) is 14.1. The number of aromatic nitrogens is 2. The van der Waals surface area contributed by atoms with E-state index in [9.17, 15) is 39.0 Å². The quantitative estimate of drug-likeness (QED) is 0.105. The molecule has 11 N–H and O–H groups in total. The van der Waals surface area contributed by atoms with Crippen LogP contribution in [0.2, 0.25) is 0 Å². The lowest BCUT2D eigenvalue weighted by atomic mass is 10.1. The van der Waals surface area contributed by atoms with E-state index in [4.69, 9.17) is 16.6 Å². The van der Waals surface area contributed by atoms with Crippen LogP contribution in [0, 0.1) is 0 Å². The largest absolute Gasteiger partial charge is 0.481 e. The van der Waals surface area contributed by atoms with Crippen molar-refractivity contribution in [1.29, 1.82) is 0 Å². The maximum absolute atomic E-state index is 12.8. The maximum Gasteiger partial charge on any atom is 0.326 e. The maximum atomic E-state index is 12.8. The van der Waals surface area contributed by atoms with Gasteiger partial charge < -0.3 is 47.7 Å². The molecule has 0 bridgehead atoms. The van der Waals surface area contributed by atoms with Crippen LogP contribution < -0.4 is 27.4 Å². The molecule has 1 heterocycles. The molecule has 0 fully saturated rings. The number of aliphatic hydroxyl groups is 1. The van der Waals surface area contributed by atoms with Gasteiger partial charge in [-0.2, -0.15) is 0 Å². The highest BCUT2D eigenvalue weighted by Gasteiger charge is 2.30. The first-order valence-electron chi connectivity index (χ1n) is 10.4.